The summed E-state index contributed by atoms with van der Waals surface area (Å²) in [5, 5.41) is 20.3. The lowest BCUT2D eigenvalue weighted by Gasteiger charge is -2.45. The summed E-state index contributed by atoms with van der Waals surface area (Å²) in [5.41, 5.74) is 2.70. The predicted molar refractivity (Wildman–Crippen MR) is 246 cm³/mol. The molecule has 4 amide bonds. The monoisotopic (exact) mass is 925 g/mol. The van der Waals surface area contributed by atoms with E-state index in [1.807, 2.05) is 36.4 Å². The van der Waals surface area contributed by atoms with Gasteiger partial charge in [-0.2, -0.15) is 0 Å². The van der Waals surface area contributed by atoms with Gasteiger partial charge in [0.25, 0.3) is 5.91 Å². The summed E-state index contributed by atoms with van der Waals surface area (Å²) in [6, 6.07) is 16.2. The van der Waals surface area contributed by atoms with Gasteiger partial charge >= 0.3 is 17.9 Å². The van der Waals surface area contributed by atoms with Crippen molar-refractivity contribution in [3.05, 3.63) is 95.8 Å². The van der Waals surface area contributed by atoms with Crippen LogP contribution in [0.2, 0.25) is 0 Å². The fraction of sp³-hybridized carbons (Fsp3) is 0.490. The number of allylic oxidation sites excluding steroid dienone is 2. The Morgan fingerprint density at radius 2 is 1.36 bits per heavy atom. The molecule has 0 bridgehead atoms. The molecule has 0 unspecified atom stereocenters. The number of nitrogens with zero attached hydrogens (tertiary/aromatic N) is 3. The SMILES string of the molecule is CC(=O)N[C@@H]1[C@@H](OC(C)=O)[C@H](OC(C)=O)[C@@H](COC(C)=O)O[C@H]1n1cc(C[C@@H]2NC(=O)/C(c3ccccc3)=C\C=C(\c3ccccc3)CNC(=O)CCCCCCCCCCCNC2=O)nn1. The Bertz CT molecular complexity index is 2210. The van der Waals surface area contributed by atoms with Crippen LogP contribution in [0.5, 0.6) is 0 Å². The van der Waals surface area contributed by atoms with Crippen molar-refractivity contribution in [2.75, 3.05) is 19.7 Å². The molecule has 1 saturated heterocycles. The third-order valence-corrected chi connectivity index (χ3v) is 11.2. The molecule has 67 heavy (non-hydrogen) atoms. The highest BCUT2D eigenvalue weighted by Gasteiger charge is 2.52. The highest BCUT2D eigenvalue weighted by Crippen LogP contribution is 2.33. The van der Waals surface area contributed by atoms with E-state index in [9.17, 15) is 33.6 Å². The lowest BCUT2D eigenvalue weighted by molar-refractivity contribution is -0.239. The zero-order chi connectivity index (χ0) is 48.1. The van der Waals surface area contributed by atoms with Crippen LogP contribution < -0.4 is 21.3 Å². The Morgan fingerprint density at radius 3 is 1.99 bits per heavy atom. The second-order valence-electron chi connectivity index (χ2n) is 16.7. The number of amides is 4. The van der Waals surface area contributed by atoms with Crippen molar-refractivity contribution in [2.45, 2.75) is 135 Å². The molecule has 2 aliphatic heterocycles. The highest BCUT2D eigenvalue weighted by atomic mass is 16.6. The molecule has 1 aromatic heterocycles. The lowest BCUT2D eigenvalue weighted by atomic mass is 9.95. The first-order valence-corrected chi connectivity index (χ1v) is 23.0. The molecule has 4 N–H and O–H groups in total. The van der Waals surface area contributed by atoms with Crippen molar-refractivity contribution >= 4 is 52.7 Å². The minimum Gasteiger partial charge on any atom is -0.463 e. The molecule has 0 radical (unpaired) electrons. The van der Waals surface area contributed by atoms with E-state index < -0.39 is 78.9 Å². The van der Waals surface area contributed by atoms with E-state index in [0.29, 0.717) is 18.5 Å². The molecule has 360 valence electrons. The van der Waals surface area contributed by atoms with Crippen molar-refractivity contribution in [3.8, 4) is 0 Å². The summed E-state index contributed by atoms with van der Waals surface area (Å²) in [6.45, 7) is 4.90. The van der Waals surface area contributed by atoms with Crippen LogP contribution in [0, 0.1) is 0 Å². The van der Waals surface area contributed by atoms with Crippen LogP contribution in [0.1, 0.15) is 115 Å². The Kier molecular flexibility index (Phi) is 20.3. The standard InChI is InChI=1S/C49H63N7O11/c1-32(57)52-44-46(66-35(4)60)45(65-34(3)59)42(31-64-33(2)58)67-49(44)56-30-39(54-55-56)28-41-48(63)50-27-19-11-9-7-5-6-8-10-18-24-43(61)51-29-38(36-20-14-12-15-21-36)25-26-40(47(62)53-41)37-22-16-13-17-23-37/h12-17,20-23,25-26,30,41-42,44-46,49H,5-11,18-19,24,27-29,31H2,1-4H3,(H,50,63)(H,51,61)(H,52,57)(H,53,62)/b38-25+,40-26-/t41-,42+,44+,45+,46+,49+/m0/s1. The molecular weight excluding hydrogens is 863 g/mol. The van der Waals surface area contributed by atoms with Crippen molar-refractivity contribution in [1.82, 2.24) is 36.3 Å². The number of carbonyl (C=O) groups is 7. The molecule has 3 heterocycles. The molecule has 5 rings (SSSR count). The average molecular weight is 926 g/mol. The van der Waals surface area contributed by atoms with Gasteiger partial charge in [-0.3, -0.25) is 33.6 Å². The van der Waals surface area contributed by atoms with Crippen LogP contribution in [0.15, 0.2) is 79.0 Å². The smallest absolute Gasteiger partial charge is 0.303 e. The third-order valence-electron chi connectivity index (χ3n) is 11.2. The summed E-state index contributed by atoms with van der Waals surface area (Å²) < 4.78 is 24.0. The van der Waals surface area contributed by atoms with Crippen molar-refractivity contribution in [1.29, 1.82) is 0 Å². The van der Waals surface area contributed by atoms with Gasteiger partial charge in [-0.05, 0) is 35.6 Å². The van der Waals surface area contributed by atoms with Crippen LogP contribution in [-0.2, 0) is 58.9 Å². The molecule has 1 fully saturated rings. The number of rotatable bonds is 10. The van der Waals surface area contributed by atoms with Gasteiger partial charge in [0, 0.05) is 59.2 Å². The summed E-state index contributed by atoms with van der Waals surface area (Å²) in [5.74, 6) is -3.77. The molecule has 0 aliphatic carbocycles. The molecule has 6 atom stereocenters. The van der Waals surface area contributed by atoms with Crippen LogP contribution in [0.25, 0.3) is 11.1 Å². The molecular formula is C49H63N7O11. The molecule has 3 aromatic rings. The lowest BCUT2D eigenvalue weighted by Crippen LogP contribution is -2.64. The third kappa shape index (κ3) is 16.6. The van der Waals surface area contributed by atoms with Gasteiger partial charge in [0.2, 0.25) is 17.7 Å². The predicted octanol–water partition coefficient (Wildman–Crippen LogP) is 4.45. The number of nitrogens with one attached hydrogen (secondary N) is 4. The molecule has 0 saturated carbocycles. The van der Waals surface area contributed by atoms with E-state index >= 15 is 0 Å². The van der Waals surface area contributed by atoms with Gasteiger partial charge in [0.05, 0.1) is 11.9 Å². The van der Waals surface area contributed by atoms with E-state index in [2.05, 4.69) is 31.6 Å². The second-order valence-corrected chi connectivity index (χ2v) is 16.7. The van der Waals surface area contributed by atoms with Gasteiger partial charge in [0.15, 0.2) is 18.4 Å². The maximum absolute atomic E-state index is 14.5. The molecule has 18 heteroatoms. The van der Waals surface area contributed by atoms with Gasteiger partial charge in [-0.1, -0.05) is 117 Å². The Hall–Kier alpha value is -6.69. The van der Waals surface area contributed by atoms with Gasteiger partial charge in [-0.25, -0.2) is 4.68 Å². The summed E-state index contributed by atoms with van der Waals surface area (Å²) >= 11 is 0. The first-order chi connectivity index (χ1) is 32.3. The normalized spacial score (nSPS) is 24.7. The molecule has 2 aliphatic rings. The zero-order valence-corrected chi connectivity index (χ0v) is 38.7. The van der Waals surface area contributed by atoms with Crippen molar-refractivity contribution in [3.63, 3.8) is 0 Å². The van der Waals surface area contributed by atoms with E-state index in [1.54, 1.807) is 36.4 Å². The Labute approximate surface area is 391 Å². The molecule has 2 aromatic carbocycles. The average Bonchev–Trinajstić information content (AvgIpc) is 3.76. The topological polar surface area (TPSA) is 235 Å². The first kappa shape index (κ1) is 51.3. The fourth-order valence-corrected chi connectivity index (χ4v) is 8.00. The summed E-state index contributed by atoms with van der Waals surface area (Å²) in [4.78, 5) is 90.9. The number of hydrogen-bond donors (Lipinski definition) is 4. The van der Waals surface area contributed by atoms with E-state index in [1.165, 1.54) is 24.7 Å². The molecule has 0 spiro atoms. The van der Waals surface area contributed by atoms with Crippen LogP contribution >= 0.6 is 0 Å². The Morgan fingerprint density at radius 1 is 0.746 bits per heavy atom. The van der Waals surface area contributed by atoms with E-state index in [0.717, 1.165) is 82.8 Å². The zero-order valence-electron chi connectivity index (χ0n) is 38.7. The number of aromatic nitrogens is 3. The van der Waals surface area contributed by atoms with Gasteiger partial charge in [-0.15, -0.1) is 5.10 Å². The summed E-state index contributed by atoms with van der Waals surface area (Å²) in [7, 11) is 0. The minimum absolute atomic E-state index is 0.0473. The second kappa shape index (κ2) is 26.5. The molecule has 18 nitrogen and oxygen atoms in total. The van der Waals surface area contributed by atoms with Crippen molar-refractivity contribution < 1.29 is 52.5 Å². The first-order valence-electron chi connectivity index (χ1n) is 23.0. The number of ether oxygens (including phenoxy) is 4. The number of hydrogen-bond acceptors (Lipinski definition) is 13. The highest BCUT2D eigenvalue weighted by molar-refractivity contribution is 6.20. The van der Waals surface area contributed by atoms with E-state index in [-0.39, 0.29) is 30.1 Å². The van der Waals surface area contributed by atoms with Crippen LogP contribution in [0.3, 0.4) is 0 Å². The minimum atomic E-state index is -1.34. The fourth-order valence-electron chi connectivity index (χ4n) is 8.00. The number of benzene rings is 2. The Balaban J connectivity index is 1.50. The number of carbonyl (C=O) groups excluding carboxylic acids is 7. The van der Waals surface area contributed by atoms with Crippen molar-refractivity contribution in [2.24, 2.45) is 0 Å². The van der Waals surface area contributed by atoms with Crippen LogP contribution in [0.4, 0.5) is 0 Å². The maximum atomic E-state index is 14.5. The largest absolute Gasteiger partial charge is 0.463 e. The van der Waals surface area contributed by atoms with Crippen LogP contribution in [-0.4, -0.2) is 107 Å². The van der Waals surface area contributed by atoms with E-state index in [4.69, 9.17) is 18.9 Å². The van der Waals surface area contributed by atoms with Gasteiger partial charge in [0.1, 0.15) is 24.8 Å². The number of esters is 3. The summed E-state index contributed by atoms with van der Waals surface area (Å²) in [6.07, 6.45) is 8.84. The maximum Gasteiger partial charge on any atom is 0.303 e. The quantitative estimate of drug-likeness (QED) is 0.163. The van der Waals surface area contributed by atoms with Gasteiger partial charge < -0.3 is 40.2 Å².